The molecule has 0 aliphatic heterocycles. The zero-order valence-electron chi connectivity index (χ0n) is 15.0. The van der Waals surface area contributed by atoms with Crippen molar-refractivity contribution in [1.82, 2.24) is 10.3 Å². The highest BCUT2D eigenvalue weighted by atomic mass is 35.5. The van der Waals surface area contributed by atoms with Crippen molar-refractivity contribution >= 4 is 28.8 Å². The summed E-state index contributed by atoms with van der Waals surface area (Å²) in [5.41, 5.74) is 1.92. The lowest BCUT2D eigenvalue weighted by molar-refractivity contribution is -0.123. The van der Waals surface area contributed by atoms with Crippen LogP contribution < -0.4 is 14.8 Å². The molecule has 5 nitrogen and oxygen atoms in total. The zero-order valence-corrected chi connectivity index (χ0v) is 16.6. The number of hydrogen-bond donors (Lipinski definition) is 1. The number of carbonyl (C=O) groups excluding carboxylic acids is 1. The minimum atomic E-state index is -0.202. The number of aromatic nitrogens is 1. The predicted molar refractivity (Wildman–Crippen MR) is 108 cm³/mol. The van der Waals surface area contributed by atoms with Crippen molar-refractivity contribution in [2.45, 2.75) is 13.5 Å². The molecule has 1 heterocycles. The number of carbonyl (C=O) groups is 1. The van der Waals surface area contributed by atoms with Crippen molar-refractivity contribution in [3.05, 3.63) is 63.4 Å². The summed E-state index contributed by atoms with van der Waals surface area (Å²) in [5.74, 6) is 1.15. The van der Waals surface area contributed by atoms with Gasteiger partial charge in [-0.1, -0.05) is 23.7 Å². The van der Waals surface area contributed by atoms with Gasteiger partial charge in [0.1, 0.15) is 16.5 Å². The van der Waals surface area contributed by atoms with Gasteiger partial charge in [0.2, 0.25) is 0 Å². The fourth-order valence-electron chi connectivity index (χ4n) is 2.45. The number of benzene rings is 2. The van der Waals surface area contributed by atoms with Crippen LogP contribution in [-0.4, -0.2) is 24.6 Å². The molecule has 0 aliphatic carbocycles. The van der Waals surface area contributed by atoms with Crippen LogP contribution in [0.3, 0.4) is 0 Å². The quantitative estimate of drug-likeness (QED) is 0.633. The Kier molecular flexibility index (Phi) is 6.32. The van der Waals surface area contributed by atoms with E-state index in [1.165, 1.54) is 0 Å². The van der Waals surface area contributed by atoms with Gasteiger partial charge in [-0.2, -0.15) is 0 Å². The first-order valence-corrected chi connectivity index (χ1v) is 9.50. The van der Waals surface area contributed by atoms with Crippen molar-refractivity contribution < 1.29 is 14.3 Å². The molecule has 1 amide bonds. The molecule has 2 aromatic carbocycles. The Morgan fingerprint density at radius 3 is 2.44 bits per heavy atom. The Morgan fingerprint density at radius 1 is 1.11 bits per heavy atom. The Balaban J connectivity index is 1.52. The van der Waals surface area contributed by atoms with Gasteiger partial charge in [0.05, 0.1) is 19.3 Å². The normalized spacial score (nSPS) is 10.5. The molecule has 0 saturated heterocycles. The molecule has 0 atom stereocenters. The Hall–Kier alpha value is -2.57. The molecular weight excluding hydrogens is 384 g/mol. The first-order valence-electron chi connectivity index (χ1n) is 8.31. The van der Waals surface area contributed by atoms with Gasteiger partial charge in [0, 0.05) is 15.5 Å². The van der Waals surface area contributed by atoms with Gasteiger partial charge in [-0.25, -0.2) is 4.98 Å². The molecule has 0 bridgehead atoms. The van der Waals surface area contributed by atoms with Crippen LogP contribution in [0.2, 0.25) is 5.02 Å². The minimum absolute atomic E-state index is 0.0548. The van der Waals surface area contributed by atoms with Crippen LogP contribution in [0.1, 0.15) is 9.88 Å². The van der Waals surface area contributed by atoms with Gasteiger partial charge < -0.3 is 14.8 Å². The molecule has 0 fully saturated rings. The van der Waals surface area contributed by atoms with Crippen LogP contribution in [0.25, 0.3) is 11.3 Å². The lowest BCUT2D eigenvalue weighted by atomic mass is 10.1. The molecule has 0 unspecified atom stereocenters. The molecule has 0 radical (unpaired) electrons. The van der Waals surface area contributed by atoms with Crippen LogP contribution in [0.15, 0.2) is 48.5 Å². The second-order valence-corrected chi connectivity index (χ2v) is 7.48. The van der Waals surface area contributed by atoms with Crippen LogP contribution in [0.4, 0.5) is 0 Å². The summed E-state index contributed by atoms with van der Waals surface area (Å²) < 4.78 is 10.6. The second kappa shape index (κ2) is 8.88. The fourth-order valence-corrected chi connectivity index (χ4v) is 3.47. The number of nitrogens with zero attached hydrogens (tertiary/aromatic N) is 1. The molecule has 1 N–H and O–H groups in total. The molecular formula is C20H19ClN2O3S. The molecule has 7 heteroatoms. The first kappa shape index (κ1) is 19.2. The smallest absolute Gasteiger partial charge is 0.258 e. The number of methoxy groups -OCH3 is 1. The maximum absolute atomic E-state index is 12.0. The van der Waals surface area contributed by atoms with Gasteiger partial charge in [-0.3, -0.25) is 4.79 Å². The van der Waals surface area contributed by atoms with E-state index in [0.29, 0.717) is 17.3 Å². The number of rotatable bonds is 7. The van der Waals surface area contributed by atoms with Crippen LogP contribution in [0, 0.1) is 6.92 Å². The average molecular weight is 403 g/mol. The van der Waals surface area contributed by atoms with Gasteiger partial charge in [0.15, 0.2) is 6.61 Å². The summed E-state index contributed by atoms with van der Waals surface area (Å²) in [6.07, 6.45) is 0. The summed E-state index contributed by atoms with van der Waals surface area (Å²) in [6.45, 7) is 2.32. The SMILES string of the molecule is COc1ccc(OCC(=O)NCc2nc(-c3ccc(Cl)cc3)c(C)s2)cc1. The van der Waals surface area contributed by atoms with E-state index in [1.54, 1.807) is 42.7 Å². The Labute approximate surface area is 166 Å². The predicted octanol–water partition coefficient (Wildman–Crippen LogP) is 4.48. The maximum atomic E-state index is 12.0. The number of ether oxygens (including phenoxy) is 2. The third-order valence-corrected chi connectivity index (χ3v) is 5.05. The molecule has 140 valence electrons. The topological polar surface area (TPSA) is 60.5 Å². The molecule has 0 spiro atoms. The minimum Gasteiger partial charge on any atom is -0.497 e. The van der Waals surface area contributed by atoms with Crippen LogP contribution in [0.5, 0.6) is 11.5 Å². The van der Waals surface area contributed by atoms with Gasteiger partial charge in [-0.05, 0) is 43.3 Å². The number of thiazole rings is 1. The van der Waals surface area contributed by atoms with Crippen molar-refractivity contribution in [3.8, 4) is 22.8 Å². The number of nitrogens with one attached hydrogen (secondary N) is 1. The summed E-state index contributed by atoms with van der Waals surface area (Å²) in [5, 5.41) is 4.36. The third-order valence-electron chi connectivity index (χ3n) is 3.82. The van der Waals surface area contributed by atoms with E-state index < -0.39 is 0 Å². The van der Waals surface area contributed by atoms with Crippen molar-refractivity contribution in [2.24, 2.45) is 0 Å². The van der Waals surface area contributed by atoms with E-state index in [9.17, 15) is 4.79 Å². The summed E-state index contributed by atoms with van der Waals surface area (Å²) >= 11 is 7.49. The summed E-state index contributed by atoms with van der Waals surface area (Å²) in [4.78, 5) is 17.7. The van der Waals surface area contributed by atoms with Crippen LogP contribution >= 0.6 is 22.9 Å². The van der Waals surface area contributed by atoms with E-state index in [-0.39, 0.29) is 12.5 Å². The molecule has 3 aromatic rings. The number of halogens is 1. The highest BCUT2D eigenvalue weighted by Gasteiger charge is 2.11. The van der Waals surface area contributed by atoms with Gasteiger partial charge in [-0.15, -0.1) is 11.3 Å². The Bertz CT molecular complexity index is 908. The average Bonchev–Trinajstić information content (AvgIpc) is 3.06. The Morgan fingerprint density at radius 2 is 1.78 bits per heavy atom. The fraction of sp³-hybridized carbons (Fsp3) is 0.200. The summed E-state index contributed by atoms with van der Waals surface area (Å²) in [7, 11) is 1.60. The lowest BCUT2D eigenvalue weighted by Crippen LogP contribution is -2.28. The summed E-state index contributed by atoms with van der Waals surface area (Å²) in [6, 6.07) is 14.6. The van der Waals surface area contributed by atoms with E-state index in [2.05, 4.69) is 10.3 Å². The number of hydrogen-bond acceptors (Lipinski definition) is 5. The van der Waals surface area contributed by atoms with Crippen LogP contribution in [-0.2, 0) is 11.3 Å². The van der Waals surface area contributed by atoms with E-state index in [0.717, 1.165) is 26.9 Å². The third kappa shape index (κ3) is 5.21. The monoisotopic (exact) mass is 402 g/mol. The highest BCUT2D eigenvalue weighted by Crippen LogP contribution is 2.28. The number of amides is 1. The van der Waals surface area contributed by atoms with Crippen molar-refractivity contribution in [2.75, 3.05) is 13.7 Å². The highest BCUT2D eigenvalue weighted by molar-refractivity contribution is 7.12. The molecule has 0 aliphatic rings. The van der Waals surface area contributed by atoms with E-state index in [1.807, 2.05) is 31.2 Å². The van der Waals surface area contributed by atoms with Crippen molar-refractivity contribution in [1.29, 1.82) is 0 Å². The first-order chi connectivity index (χ1) is 13.0. The molecule has 3 rings (SSSR count). The molecule has 1 aromatic heterocycles. The van der Waals surface area contributed by atoms with Gasteiger partial charge >= 0.3 is 0 Å². The van der Waals surface area contributed by atoms with E-state index >= 15 is 0 Å². The molecule has 27 heavy (non-hydrogen) atoms. The largest absolute Gasteiger partial charge is 0.497 e. The maximum Gasteiger partial charge on any atom is 0.258 e. The second-order valence-electron chi connectivity index (χ2n) is 5.76. The standard InChI is InChI=1S/C20H19ClN2O3S/c1-13-20(14-3-5-15(21)6-4-14)23-19(27-13)11-22-18(24)12-26-17-9-7-16(25-2)8-10-17/h3-10H,11-12H2,1-2H3,(H,22,24). The zero-order chi connectivity index (χ0) is 19.2. The van der Waals surface area contributed by atoms with E-state index in [4.69, 9.17) is 21.1 Å². The van der Waals surface area contributed by atoms with Gasteiger partial charge in [0.25, 0.3) is 5.91 Å². The number of aryl methyl sites for hydroxylation is 1. The lowest BCUT2D eigenvalue weighted by Gasteiger charge is -2.07. The molecule has 0 saturated carbocycles. The van der Waals surface area contributed by atoms with Crippen molar-refractivity contribution in [3.63, 3.8) is 0 Å².